The minimum atomic E-state index is -4.88. The molecule has 0 saturated carbocycles. The van der Waals surface area contributed by atoms with Crippen molar-refractivity contribution >= 4 is 32.3 Å². The molecule has 0 saturated heterocycles. The molecule has 0 bridgehead atoms. The van der Waals surface area contributed by atoms with Gasteiger partial charge in [-0.1, -0.05) is 0 Å². The van der Waals surface area contributed by atoms with Crippen LogP contribution in [0.2, 0.25) is 8.65 Å². The number of rotatable bonds is 3. The number of halogens is 3. The number of fused-ring (bicyclic) bond motifs is 3. The van der Waals surface area contributed by atoms with Crippen LogP contribution in [0.5, 0.6) is 0 Å². The van der Waals surface area contributed by atoms with Gasteiger partial charge in [0.05, 0.1) is 0 Å². The van der Waals surface area contributed by atoms with Gasteiger partial charge in [-0.25, -0.2) is 0 Å². The second-order valence-corrected chi connectivity index (χ2v) is 34.1. The zero-order valence-corrected chi connectivity index (χ0v) is 27.2. The third kappa shape index (κ3) is 4.84. The second-order valence-electron chi connectivity index (χ2n) is 12.8. The molecule has 5 rings (SSSR count). The van der Waals surface area contributed by atoms with Crippen LogP contribution in [0, 0.1) is 0 Å². The predicted molar refractivity (Wildman–Crippen MR) is 161 cm³/mol. The van der Waals surface area contributed by atoms with E-state index in [9.17, 15) is 0 Å². The van der Waals surface area contributed by atoms with Crippen molar-refractivity contribution in [3.05, 3.63) is 118 Å². The van der Waals surface area contributed by atoms with E-state index in [1.165, 1.54) is 33.4 Å². The van der Waals surface area contributed by atoms with Gasteiger partial charge in [-0.15, -0.1) is 0 Å². The van der Waals surface area contributed by atoms with Gasteiger partial charge in [0, 0.05) is 0 Å². The SMILES string of the molecule is CC(C)(C)c1ccc2c(c1)-c1cc(C(C)(C)C)ccc1[CH]2[Zr]([Cl])([Cl])(=[CH]c1ccc(Cl)cc1)[CH]1C=CC=C1. The molecule has 192 valence electrons. The molecule has 0 aliphatic heterocycles. The second kappa shape index (κ2) is 9.16. The van der Waals surface area contributed by atoms with Crippen LogP contribution in [-0.4, -0.2) is 3.71 Å². The molecule has 0 aromatic heterocycles. The molecule has 2 aliphatic carbocycles. The predicted octanol–water partition coefficient (Wildman–Crippen LogP) is 10.8. The van der Waals surface area contributed by atoms with Gasteiger partial charge in [0.25, 0.3) is 0 Å². The summed E-state index contributed by atoms with van der Waals surface area (Å²) in [4.78, 5) is 0. The molecule has 0 nitrogen and oxygen atoms in total. The van der Waals surface area contributed by atoms with E-state index in [0.717, 1.165) is 5.56 Å². The van der Waals surface area contributed by atoms with E-state index in [1.807, 2.05) is 24.3 Å². The van der Waals surface area contributed by atoms with Crippen molar-refractivity contribution in [3.63, 3.8) is 0 Å². The summed E-state index contributed by atoms with van der Waals surface area (Å²) in [7, 11) is 16.2. The van der Waals surface area contributed by atoms with Crippen molar-refractivity contribution < 1.29 is 15.9 Å². The standard InChI is InChI=1S/C21H25.C7H5Cl.C5H5.2ClH.Zr/c1-20(2,3)16-9-7-14-11-15-8-10-17(21(4,5)6)13-19(15)18(14)12-16;1-6-2-4-7(8)5-3-6;1-2-4-5-3-1;;;/h7-13H,1-6H3;1-5H;1-5H;2*1H;/q;;;;;+2/p-2. The first-order chi connectivity index (χ1) is 17.2. The molecule has 2 aliphatic rings. The number of hydrogen-bond donors (Lipinski definition) is 0. The van der Waals surface area contributed by atoms with Crippen molar-refractivity contribution in [1.82, 2.24) is 0 Å². The molecule has 3 aromatic rings. The van der Waals surface area contributed by atoms with Gasteiger partial charge in [-0.05, 0) is 0 Å². The molecular weight excluding hydrogens is 594 g/mol. The Morgan fingerprint density at radius 1 is 0.676 bits per heavy atom. The van der Waals surface area contributed by atoms with Crippen LogP contribution in [0.3, 0.4) is 0 Å². The van der Waals surface area contributed by atoms with Crippen molar-refractivity contribution in [2.45, 2.75) is 59.6 Å². The normalized spacial score (nSPS) is 16.3. The zero-order chi connectivity index (χ0) is 26.8. The molecule has 3 aromatic carbocycles. The molecule has 0 spiro atoms. The Hall–Kier alpha value is -1.24. The molecular formula is C33H35Cl3Zr. The van der Waals surface area contributed by atoms with Crippen LogP contribution in [-0.2, 0) is 26.7 Å². The molecule has 0 N–H and O–H groups in total. The molecule has 0 heterocycles. The summed E-state index contributed by atoms with van der Waals surface area (Å²) in [5, 5.41) is 0.706. The van der Waals surface area contributed by atoms with E-state index in [0.29, 0.717) is 5.02 Å². The first-order valence-electron chi connectivity index (χ1n) is 13.0. The van der Waals surface area contributed by atoms with Crippen molar-refractivity contribution in [2.75, 3.05) is 0 Å². The average Bonchev–Trinajstić information content (AvgIpc) is 3.46. The van der Waals surface area contributed by atoms with Crippen molar-refractivity contribution in [2.24, 2.45) is 0 Å². The third-order valence-electron chi connectivity index (χ3n) is 8.00. The summed E-state index contributed by atoms with van der Waals surface area (Å²) in [5.41, 5.74) is 8.81. The van der Waals surface area contributed by atoms with Gasteiger partial charge in [0.2, 0.25) is 0 Å². The Morgan fingerprint density at radius 3 is 1.57 bits per heavy atom. The van der Waals surface area contributed by atoms with E-state index in [1.54, 1.807) is 0 Å². The Morgan fingerprint density at radius 2 is 1.14 bits per heavy atom. The summed E-state index contributed by atoms with van der Waals surface area (Å²) in [6.07, 6.45) is 8.56. The third-order valence-corrected chi connectivity index (χ3v) is 25.6. The van der Waals surface area contributed by atoms with Crippen LogP contribution >= 0.6 is 28.6 Å². The first kappa shape index (κ1) is 27.3. The van der Waals surface area contributed by atoms with E-state index in [-0.39, 0.29) is 18.1 Å². The Balaban J connectivity index is 1.85. The number of benzene rings is 3. The number of allylic oxidation sites excluding steroid dienone is 4. The van der Waals surface area contributed by atoms with E-state index < -0.39 is 15.9 Å². The van der Waals surface area contributed by atoms with Crippen LogP contribution in [0.15, 0.2) is 85.0 Å². The molecule has 0 amide bonds. The molecule has 37 heavy (non-hydrogen) atoms. The summed E-state index contributed by atoms with van der Waals surface area (Å²) >= 11 is 1.34. The molecule has 4 heteroatoms. The summed E-state index contributed by atoms with van der Waals surface area (Å²) < 4.78 is 2.17. The molecule has 0 fully saturated rings. The fourth-order valence-corrected chi connectivity index (χ4v) is 22.3. The van der Waals surface area contributed by atoms with Gasteiger partial charge in [0.15, 0.2) is 0 Å². The first-order valence-corrected chi connectivity index (χ1v) is 24.0. The Kier molecular flexibility index (Phi) is 6.77. The summed E-state index contributed by atoms with van der Waals surface area (Å²) in [6.45, 7) is 13.6. The van der Waals surface area contributed by atoms with Gasteiger partial charge in [0.1, 0.15) is 0 Å². The zero-order valence-electron chi connectivity index (χ0n) is 22.4. The molecule has 0 atom stereocenters. The monoisotopic (exact) mass is 626 g/mol. The summed E-state index contributed by atoms with van der Waals surface area (Å²) in [5.74, 6) is 0. The van der Waals surface area contributed by atoms with Crippen LogP contribution < -0.4 is 0 Å². The number of hydrogen-bond acceptors (Lipinski definition) is 0. The van der Waals surface area contributed by atoms with Crippen molar-refractivity contribution in [3.8, 4) is 11.1 Å². The van der Waals surface area contributed by atoms with Gasteiger partial charge < -0.3 is 0 Å². The van der Waals surface area contributed by atoms with Gasteiger partial charge >= 0.3 is 237 Å². The topological polar surface area (TPSA) is 0 Å². The molecule has 0 unspecified atom stereocenters. The van der Waals surface area contributed by atoms with Gasteiger partial charge in [-0.2, -0.15) is 0 Å². The Bertz CT molecular complexity index is 1430. The Labute approximate surface area is 235 Å². The maximum atomic E-state index is 8.08. The average molecular weight is 629 g/mol. The van der Waals surface area contributed by atoms with E-state index >= 15 is 0 Å². The van der Waals surface area contributed by atoms with E-state index in [4.69, 9.17) is 28.6 Å². The van der Waals surface area contributed by atoms with Crippen LogP contribution in [0.4, 0.5) is 0 Å². The van der Waals surface area contributed by atoms with Crippen molar-refractivity contribution in [1.29, 1.82) is 0 Å². The van der Waals surface area contributed by atoms with Gasteiger partial charge in [-0.3, -0.25) is 0 Å². The maximum absolute atomic E-state index is 8.08. The summed E-state index contributed by atoms with van der Waals surface area (Å²) in [6, 6.07) is 21.8. The fourth-order valence-electron chi connectivity index (χ4n) is 5.83. The fraction of sp³-hybridized carbons (Fsp3) is 0.303. The minimum absolute atomic E-state index is 0.00571. The quantitative estimate of drug-likeness (QED) is 0.271. The van der Waals surface area contributed by atoms with E-state index in [2.05, 4.69) is 106 Å². The van der Waals surface area contributed by atoms with Crippen LogP contribution in [0.1, 0.15) is 73.0 Å². The molecule has 0 radical (unpaired) electrons. The van der Waals surface area contributed by atoms with Crippen LogP contribution in [0.25, 0.3) is 11.1 Å².